The second kappa shape index (κ2) is 6.66. The first-order chi connectivity index (χ1) is 8.47. The summed E-state index contributed by atoms with van der Waals surface area (Å²) in [6.07, 6.45) is -0.0431. The highest BCUT2D eigenvalue weighted by molar-refractivity contribution is 6.29. The second-order valence-electron chi connectivity index (χ2n) is 3.59. The summed E-state index contributed by atoms with van der Waals surface area (Å²) in [4.78, 5) is 21.8. The third-order valence-electron chi connectivity index (χ3n) is 2.01. The van der Waals surface area contributed by atoms with E-state index in [4.69, 9.17) is 16.7 Å². The third kappa shape index (κ3) is 5.36. The fraction of sp³-hybridized carbons (Fsp3) is 0.167. The van der Waals surface area contributed by atoms with Crippen molar-refractivity contribution in [1.82, 2.24) is 5.32 Å². The molecule has 0 heterocycles. The Kier molecular flexibility index (Phi) is 5.20. The molecule has 0 radical (unpaired) electrons. The number of carboxylic acids is 1. The number of rotatable bonds is 5. The zero-order valence-electron chi connectivity index (χ0n) is 9.57. The molecule has 6 heteroatoms. The van der Waals surface area contributed by atoms with Crippen LogP contribution in [0.1, 0.15) is 5.56 Å². The number of urea groups is 1. The number of benzene rings is 1. The van der Waals surface area contributed by atoms with Crippen molar-refractivity contribution in [2.24, 2.45) is 0 Å². The van der Waals surface area contributed by atoms with E-state index >= 15 is 0 Å². The summed E-state index contributed by atoms with van der Waals surface area (Å²) in [7, 11) is 0. The van der Waals surface area contributed by atoms with Crippen LogP contribution >= 0.6 is 11.6 Å². The van der Waals surface area contributed by atoms with Gasteiger partial charge in [-0.1, -0.05) is 30.3 Å². The van der Waals surface area contributed by atoms with Crippen molar-refractivity contribution in [2.75, 3.05) is 11.9 Å². The van der Waals surface area contributed by atoms with Gasteiger partial charge in [0.2, 0.25) is 0 Å². The Bertz CT molecular complexity index is 457. The van der Waals surface area contributed by atoms with Crippen molar-refractivity contribution >= 4 is 29.3 Å². The van der Waals surface area contributed by atoms with E-state index in [1.54, 1.807) is 24.3 Å². The Morgan fingerprint density at radius 1 is 1.28 bits per heavy atom. The number of hydrogen-bond acceptors (Lipinski definition) is 2. The quantitative estimate of drug-likeness (QED) is 0.766. The molecule has 0 fully saturated rings. The van der Waals surface area contributed by atoms with E-state index in [2.05, 4.69) is 17.2 Å². The van der Waals surface area contributed by atoms with E-state index in [0.717, 1.165) is 0 Å². The van der Waals surface area contributed by atoms with Crippen LogP contribution in [-0.4, -0.2) is 23.7 Å². The Morgan fingerprint density at radius 3 is 2.39 bits per heavy atom. The molecule has 3 N–H and O–H groups in total. The highest BCUT2D eigenvalue weighted by atomic mass is 35.5. The lowest BCUT2D eigenvalue weighted by atomic mass is 10.1. The van der Waals surface area contributed by atoms with Crippen molar-refractivity contribution in [3.63, 3.8) is 0 Å². The van der Waals surface area contributed by atoms with Gasteiger partial charge in [0.25, 0.3) is 0 Å². The number of anilines is 1. The van der Waals surface area contributed by atoms with Gasteiger partial charge in [0.05, 0.1) is 13.0 Å². The normalized spacial score (nSPS) is 9.61. The number of halogens is 1. The number of carbonyl (C=O) groups is 2. The van der Waals surface area contributed by atoms with Gasteiger partial charge in [0.1, 0.15) is 0 Å². The number of aliphatic carboxylic acids is 1. The van der Waals surface area contributed by atoms with Crippen molar-refractivity contribution in [3.8, 4) is 0 Å². The number of carbonyl (C=O) groups excluding carboxylic acids is 1. The Hall–Kier alpha value is -2.01. The fourth-order valence-electron chi connectivity index (χ4n) is 1.23. The van der Waals surface area contributed by atoms with E-state index in [1.807, 2.05) is 0 Å². The molecule has 0 aliphatic carbocycles. The molecule has 1 aromatic rings. The molecule has 1 aromatic carbocycles. The van der Waals surface area contributed by atoms with Crippen molar-refractivity contribution < 1.29 is 14.7 Å². The molecule has 0 saturated carbocycles. The zero-order valence-corrected chi connectivity index (χ0v) is 10.3. The number of carboxylic acid groups (broad SMARTS) is 1. The number of nitrogens with one attached hydrogen (secondary N) is 2. The minimum atomic E-state index is -0.894. The second-order valence-corrected chi connectivity index (χ2v) is 4.13. The lowest BCUT2D eigenvalue weighted by Gasteiger charge is -2.07. The zero-order chi connectivity index (χ0) is 13.5. The van der Waals surface area contributed by atoms with Gasteiger partial charge in [-0.25, -0.2) is 4.79 Å². The number of hydrogen-bond donors (Lipinski definition) is 3. The first-order valence-electron chi connectivity index (χ1n) is 5.16. The first kappa shape index (κ1) is 14.1. The van der Waals surface area contributed by atoms with E-state index in [0.29, 0.717) is 16.3 Å². The minimum absolute atomic E-state index is 0.0431. The minimum Gasteiger partial charge on any atom is -0.481 e. The molecule has 18 heavy (non-hydrogen) atoms. The van der Waals surface area contributed by atoms with Crippen LogP contribution in [-0.2, 0) is 11.2 Å². The predicted molar refractivity (Wildman–Crippen MR) is 69.8 cm³/mol. The molecular formula is C12H13ClN2O3. The molecule has 0 aromatic heterocycles. The lowest BCUT2D eigenvalue weighted by Crippen LogP contribution is -2.29. The van der Waals surface area contributed by atoms with Crippen LogP contribution in [0.3, 0.4) is 0 Å². The van der Waals surface area contributed by atoms with Crippen LogP contribution < -0.4 is 10.6 Å². The SMILES string of the molecule is C=C(Cl)CNC(=O)Nc1ccc(CC(=O)O)cc1. The summed E-state index contributed by atoms with van der Waals surface area (Å²) in [5, 5.41) is 14.0. The summed E-state index contributed by atoms with van der Waals surface area (Å²) < 4.78 is 0. The van der Waals surface area contributed by atoms with Gasteiger partial charge in [0, 0.05) is 10.7 Å². The molecule has 1 rings (SSSR count). The molecule has 96 valence electrons. The molecule has 0 aliphatic heterocycles. The van der Waals surface area contributed by atoms with Crippen LogP contribution in [0, 0.1) is 0 Å². The maximum absolute atomic E-state index is 11.4. The van der Waals surface area contributed by atoms with E-state index in [9.17, 15) is 9.59 Å². The highest BCUT2D eigenvalue weighted by Gasteiger charge is 2.03. The van der Waals surface area contributed by atoms with Gasteiger partial charge in [0.15, 0.2) is 0 Å². The Morgan fingerprint density at radius 2 is 1.89 bits per heavy atom. The van der Waals surface area contributed by atoms with E-state index in [-0.39, 0.29) is 13.0 Å². The molecule has 0 spiro atoms. The third-order valence-corrected chi connectivity index (χ3v) is 2.14. The molecule has 0 aliphatic rings. The molecular weight excluding hydrogens is 256 g/mol. The summed E-state index contributed by atoms with van der Waals surface area (Å²) in [5.74, 6) is -0.894. The average molecular weight is 269 g/mol. The standard InChI is InChI=1S/C12H13ClN2O3/c1-8(13)7-14-12(18)15-10-4-2-9(3-5-10)6-11(16)17/h2-5H,1,6-7H2,(H,16,17)(H2,14,15,18). The summed E-state index contributed by atoms with van der Waals surface area (Å²) in [6, 6.07) is 6.15. The van der Waals surface area contributed by atoms with Crippen LogP contribution in [0.25, 0.3) is 0 Å². The van der Waals surface area contributed by atoms with Crippen molar-refractivity contribution in [3.05, 3.63) is 41.4 Å². The lowest BCUT2D eigenvalue weighted by molar-refractivity contribution is -0.136. The van der Waals surface area contributed by atoms with Crippen LogP contribution in [0.2, 0.25) is 0 Å². The maximum atomic E-state index is 11.4. The topological polar surface area (TPSA) is 78.4 Å². The highest BCUT2D eigenvalue weighted by Crippen LogP contribution is 2.10. The molecule has 5 nitrogen and oxygen atoms in total. The Balaban J connectivity index is 2.50. The maximum Gasteiger partial charge on any atom is 0.319 e. The largest absolute Gasteiger partial charge is 0.481 e. The van der Waals surface area contributed by atoms with E-state index < -0.39 is 12.0 Å². The van der Waals surface area contributed by atoms with Gasteiger partial charge in [-0.05, 0) is 17.7 Å². The molecule has 2 amide bonds. The molecule has 0 bridgehead atoms. The van der Waals surface area contributed by atoms with Crippen LogP contribution in [0.4, 0.5) is 10.5 Å². The monoisotopic (exact) mass is 268 g/mol. The molecule has 0 saturated heterocycles. The molecule has 0 unspecified atom stereocenters. The Labute approximate surface area is 109 Å². The van der Waals surface area contributed by atoms with Gasteiger partial charge in [-0.15, -0.1) is 0 Å². The van der Waals surface area contributed by atoms with Gasteiger partial charge < -0.3 is 15.7 Å². The summed E-state index contributed by atoms with van der Waals surface area (Å²) >= 11 is 5.50. The van der Waals surface area contributed by atoms with Gasteiger partial charge in [-0.2, -0.15) is 0 Å². The first-order valence-corrected chi connectivity index (χ1v) is 5.54. The number of amides is 2. The van der Waals surface area contributed by atoms with Crippen LogP contribution in [0.5, 0.6) is 0 Å². The predicted octanol–water partition coefficient (Wildman–Crippen LogP) is 2.19. The van der Waals surface area contributed by atoms with Crippen molar-refractivity contribution in [2.45, 2.75) is 6.42 Å². The van der Waals surface area contributed by atoms with Crippen LogP contribution in [0.15, 0.2) is 35.9 Å². The fourth-order valence-corrected chi connectivity index (χ4v) is 1.30. The van der Waals surface area contributed by atoms with Gasteiger partial charge in [-0.3, -0.25) is 4.79 Å². The van der Waals surface area contributed by atoms with E-state index in [1.165, 1.54) is 0 Å². The summed E-state index contributed by atoms with van der Waals surface area (Å²) in [5.41, 5.74) is 1.24. The van der Waals surface area contributed by atoms with Gasteiger partial charge >= 0.3 is 12.0 Å². The smallest absolute Gasteiger partial charge is 0.319 e. The van der Waals surface area contributed by atoms with Crippen molar-refractivity contribution in [1.29, 1.82) is 0 Å². The summed E-state index contributed by atoms with van der Waals surface area (Å²) in [6.45, 7) is 3.63. The molecule has 0 atom stereocenters. The average Bonchev–Trinajstić information content (AvgIpc) is 2.28.